The minimum atomic E-state index is -2.76. The SMILES string of the molecule is CC[C@@H](NC(=O)C1CCC(F)(F)CC1)C(=O)N[C@H](Cc1ccccc1)C(=O)C(=O)NCc1ccccn1. The van der Waals surface area contributed by atoms with Gasteiger partial charge in [0.25, 0.3) is 5.91 Å². The zero-order chi connectivity index (χ0) is 26.8. The molecule has 198 valence electrons. The number of hydrogen-bond donors (Lipinski definition) is 3. The molecule has 1 aliphatic rings. The molecule has 1 saturated carbocycles. The second-order valence-corrected chi connectivity index (χ2v) is 9.22. The third-order valence-corrected chi connectivity index (χ3v) is 6.42. The van der Waals surface area contributed by atoms with E-state index in [0.717, 1.165) is 5.56 Å². The quantitative estimate of drug-likeness (QED) is 0.399. The first kappa shape index (κ1) is 27.9. The Labute approximate surface area is 214 Å². The van der Waals surface area contributed by atoms with Gasteiger partial charge in [0, 0.05) is 31.4 Å². The standard InChI is InChI=1S/C27H32F2N4O4/c1-2-21(32-24(35)19-11-13-27(28,29)14-12-19)25(36)33-22(16-18-8-4-3-5-9-18)23(34)26(37)31-17-20-10-6-7-15-30-20/h3-10,15,19,21-22H,2,11-14,16-17H2,1H3,(H,31,37)(H,32,35)(H,33,36)/t21-,22-/m1/s1. The molecule has 3 rings (SSSR count). The molecule has 1 aliphatic carbocycles. The number of alkyl halides is 2. The van der Waals surface area contributed by atoms with Gasteiger partial charge in [0.1, 0.15) is 12.1 Å². The van der Waals surface area contributed by atoms with E-state index in [4.69, 9.17) is 0 Å². The van der Waals surface area contributed by atoms with Gasteiger partial charge in [-0.15, -0.1) is 0 Å². The molecule has 37 heavy (non-hydrogen) atoms. The van der Waals surface area contributed by atoms with E-state index in [-0.39, 0.29) is 45.1 Å². The maximum Gasteiger partial charge on any atom is 0.289 e. The lowest BCUT2D eigenvalue weighted by molar-refractivity contribution is -0.140. The summed E-state index contributed by atoms with van der Waals surface area (Å²) in [6.45, 7) is 1.73. The average Bonchev–Trinajstić information content (AvgIpc) is 2.90. The summed E-state index contributed by atoms with van der Waals surface area (Å²) in [6.07, 6.45) is 1.22. The number of amides is 3. The van der Waals surface area contributed by atoms with E-state index in [9.17, 15) is 28.0 Å². The fourth-order valence-electron chi connectivity index (χ4n) is 4.20. The van der Waals surface area contributed by atoms with Crippen molar-refractivity contribution in [3.8, 4) is 0 Å². The van der Waals surface area contributed by atoms with Gasteiger partial charge < -0.3 is 16.0 Å². The van der Waals surface area contributed by atoms with Crippen molar-refractivity contribution in [3.05, 3.63) is 66.0 Å². The molecule has 1 aromatic carbocycles. The lowest BCUT2D eigenvalue weighted by Crippen LogP contribution is -2.55. The first-order valence-electron chi connectivity index (χ1n) is 12.4. The summed E-state index contributed by atoms with van der Waals surface area (Å²) in [7, 11) is 0. The van der Waals surface area contributed by atoms with Crippen molar-refractivity contribution in [1.82, 2.24) is 20.9 Å². The number of pyridine rings is 1. The highest BCUT2D eigenvalue weighted by atomic mass is 19.3. The van der Waals surface area contributed by atoms with Crippen LogP contribution in [0.4, 0.5) is 8.78 Å². The number of nitrogens with zero attached hydrogens (tertiary/aromatic N) is 1. The number of aromatic nitrogens is 1. The summed E-state index contributed by atoms with van der Waals surface area (Å²) in [5, 5.41) is 7.78. The molecule has 0 spiro atoms. The average molecular weight is 515 g/mol. The number of carbonyl (C=O) groups excluding carboxylic acids is 4. The van der Waals surface area contributed by atoms with Gasteiger partial charge in [-0.25, -0.2) is 8.78 Å². The van der Waals surface area contributed by atoms with E-state index in [1.54, 1.807) is 55.6 Å². The number of carbonyl (C=O) groups is 4. The van der Waals surface area contributed by atoms with Crippen molar-refractivity contribution < 1.29 is 28.0 Å². The van der Waals surface area contributed by atoms with Gasteiger partial charge in [0.05, 0.1) is 12.2 Å². The molecule has 8 nitrogen and oxygen atoms in total. The summed E-state index contributed by atoms with van der Waals surface area (Å²) in [5.74, 6) is -6.14. The Balaban J connectivity index is 1.65. The van der Waals surface area contributed by atoms with E-state index < -0.39 is 47.4 Å². The van der Waals surface area contributed by atoms with Crippen molar-refractivity contribution >= 4 is 23.5 Å². The normalized spacial score (nSPS) is 16.7. The molecule has 0 unspecified atom stereocenters. The predicted octanol–water partition coefficient (Wildman–Crippen LogP) is 2.71. The number of nitrogens with one attached hydrogen (secondary N) is 3. The summed E-state index contributed by atoms with van der Waals surface area (Å²) in [6, 6.07) is 12.0. The van der Waals surface area contributed by atoms with E-state index >= 15 is 0 Å². The lowest BCUT2D eigenvalue weighted by Gasteiger charge is -2.29. The van der Waals surface area contributed by atoms with Gasteiger partial charge in [0.2, 0.25) is 23.5 Å². The summed E-state index contributed by atoms with van der Waals surface area (Å²) < 4.78 is 26.9. The van der Waals surface area contributed by atoms with Crippen molar-refractivity contribution in [1.29, 1.82) is 0 Å². The maximum absolute atomic E-state index is 13.4. The van der Waals surface area contributed by atoms with Gasteiger partial charge >= 0.3 is 0 Å². The first-order chi connectivity index (χ1) is 17.7. The van der Waals surface area contributed by atoms with Crippen molar-refractivity contribution in [2.24, 2.45) is 5.92 Å². The molecule has 1 aromatic heterocycles. The summed E-state index contributed by atoms with van der Waals surface area (Å²) in [4.78, 5) is 55.5. The summed E-state index contributed by atoms with van der Waals surface area (Å²) >= 11 is 0. The molecule has 10 heteroatoms. The zero-order valence-corrected chi connectivity index (χ0v) is 20.7. The number of hydrogen-bond acceptors (Lipinski definition) is 5. The number of rotatable bonds is 11. The van der Waals surface area contributed by atoms with Crippen molar-refractivity contribution in [2.75, 3.05) is 0 Å². The second-order valence-electron chi connectivity index (χ2n) is 9.22. The molecule has 0 bridgehead atoms. The third kappa shape index (κ3) is 8.44. The van der Waals surface area contributed by atoms with Crippen molar-refractivity contribution in [2.45, 2.75) is 70.0 Å². The minimum absolute atomic E-state index is 0.0441. The Bertz CT molecular complexity index is 1070. The van der Waals surface area contributed by atoms with Crippen LogP contribution in [0.5, 0.6) is 0 Å². The largest absolute Gasteiger partial charge is 0.344 e. The van der Waals surface area contributed by atoms with Gasteiger partial charge in [-0.05, 0) is 37.0 Å². The molecule has 0 aliphatic heterocycles. The number of ketones is 1. The molecule has 1 fully saturated rings. The van der Waals surface area contributed by atoms with Gasteiger partial charge in [-0.1, -0.05) is 43.3 Å². The van der Waals surface area contributed by atoms with Crippen molar-refractivity contribution in [3.63, 3.8) is 0 Å². The third-order valence-electron chi connectivity index (χ3n) is 6.42. The second kappa shape index (κ2) is 13.0. The molecule has 2 aromatic rings. The van der Waals surface area contributed by atoms with Crippen LogP contribution < -0.4 is 16.0 Å². The van der Waals surface area contributed by atoms with Gasteiger partial charge in [0.15, 0.2) is 0 Å². The Hall–Kier alpha value is -3.69. The smallest absolute Gasteiger partial charge is 0.289 e. The van der Waals surface area contributed by atoms with E-state index in [1.165, 1.54) is 0 Å². The Kier molecular flexibility index (Phi) is 9.82. The highest BCUT2D eigenvalue weighted by molar-refractivity contribution is 6.38. The van der Waals surface area contributed by atoms with Crippen LogP contribution in [0.3, 0.4) is 0 Å². The Morgan fingerprint density at radius 1 is 0.973 bits per heavy atom. The molecule has 1 heterocycles. The van der Waals surface area contributed by atoms with Gasteiger partial charge in [-0.3, -0.25) is 24.2 Å². The number of halogens is 2. The highest BCUT2D eigenvalue weighted by Gasteiger charge is 2.38. The fraction of sp³-hybridized carbons (Fsp3) is 0.444. The molecule has 0 radical (unpaired) electrons. The van der Waals surface area contributed by atoms with Crippen LogP contribution in [-0.2, 0) is 32.1 Å². The zero-order valence-electron chi connectivity index (χ0n) is 20.7. The summed E-state index contributed by atoms with van der Waals surface area (Å²) in [5.41, 5.74) is 1.31. The molecule has 3 amide bonds. The van der Waals surface area contributed by atoms with E-state index in [0.29, 0.717) is 5.69 Å². The van der Waals surface area contributed by atoms with Crippen LogP contribution in [0.2, 0.25) is 0 Å². The van der Waals surface area contributed by atoms with Crippen LogP contribution >= 0.6 is 0 Å². The van der Waals surface area contributed by atoms with Crippen LogP contribution in [0.25, 0.3) is 0 Å². The maximum atomic E-state index is 13.4. The van der Waals surface area contributed by atoms with E-state index in [1.807, 2.05) is 6.07 Å². The Morgan fingerprint density at radius 3 is 2.27 bits per heavy atom. The molecular weight excluding hydrogens is 482 g/mol. The number of Topliss-reactive ketones (excluding diaryl/α,β-unsaturated/α-hetero) is 1. The van der Waals surface area contributed by atoms with Crippen LogP contribution in [0.1, 0.15) is 50.3 Å². The lowest BCUT2D eigenvalue weighted by atomic mass is 9.86. The first-order valence-corrected chi connectivity index (χ1v) is 12.4. The predicted molar refractivity (Wildman–Crippen MR) is 132 cm³/mol. The monoisotopic (exact) mass is 514 g/mol. The molecule has 0 saturated heterocycles. The molecule has 2 atom stereocenters. The topological polar surface area (TPSA) is 117 Å². The van der Waals surface area contributed by atoms with Crippen LogP contribution in [0.15, 0.2) is 54.7 Å². The number of benzene rings is 1. The van der Waals surface area contributed by atoms with E-state index in [2.05, 4.69) is 20.9 Å². The Morgan fingerprint density at radius 2 is 1.65 bits per heavy atom. The minimum Gasteiger partial charge on any atom is -0.344 e. The van der Waals surface area contributed by atoms with Crippen LogP contribution in [-0.4, -0.2) is 46.5 Å². The fourth-order valence-corrected chi connectivity index (χ4v) is 4.20. The molecular formula is C27H32F2N4O4. The highest BCUT2D eigenvalue weighted by Crippen LogP contribution is 2.36. The molecule has 3 N–H and O–H groups in total. The van der Waals surface area contributed by atoms with Crippen LogP contribution in [0, 0.1) is 5.92 Å². The van der Waals surface area contributed by atoms with Gasteiger partial charge in [-0.2, -0.15) is 0 Å².